The van der Waals surface area contributed by atoms with Crippen molar-refractivity contribution in [2.45, 2.75) is 25.4 Å². The highest BCUT2D eigenvalue weighted by atomic mass is 32.2. The molecule has 0 aliphatic carbocycles. The molecule has 3 aromatic heterocycles. The number of thiazole rings is 2. The number of rotatable bonds is 6. The molecule has 0 spiro atoms. The fourth-order valence-electron chi connectivity index (χ4n) is 3.85. The number of carbonyl (C=O) groups is 2. The molecule has 1 aliphatic heterocycles. The molecule has 15 heteroatoms. The van der Waals surface area contributed by atoms with Gasteiger partial charge in [0, 0.05) is 13.1 Å². The molecule has 1 aliphatic rings. The van der Waals surface area contributed by atoms with Gasteiger partial charge >= 0.3 is 12.1 Å². The van der Waals surface area contributed by atoms with E-state index in [1.807, 2.05) is 30.3 Å². The Hall–Kier alpha value is -3.84. The first kappa shape index (κ1) is 26.8. The third-order valence-corrected chi connectivity index (χ3v) is 9.43. The summed E-state index contributed by atoms with van der Waals surface area (Å²) in [5, 5.41) is 17.0. The second-order valence-corrected chi connectivity index (χ2v) is 12.8. The van der Waals surface area contributed by atoms with E-state index in [0.29, 0.717) is 25.4 Å². The Morgan fingerprint density at radius 3 is 2.51 bits per heavy atom. The number of carboxylic acid groups (broad SMARTS) is 1. The van der Waals surface area contributed by atoms with E-state index in [0.717, 1.165) is 38.8 Å². The zero-order valence-electron chi connectivity index (χ0n) is 20.8. The molecule has 1 saturated heterocycles. The van der Waals surface area contributed by atoms with Gasteiger partial charge in [0.2, 0.25) is 15.8 Å². The lowest BCUT2D eigenvalue weighted by atomic mass is 9.82. The number of aliphatic carboxylic acids is 1. The van der Waals surface area contributed by atoms with E-state index in [1.54, 1.807) is 13.8 Å². The smallest absolute Gasteiger partial charge is 0.412 e. The monoisotopic (exact) mass is 587 g/mol. The van der Waals surface area contributed by atoms with E-state index in [-0.39, 0.29) is 24.5 Å². The van der Waals surface area contributed by atoms with Crippen molar-refractivity contribution in [3.05, 3.63) is 57.4 Å². The van der Waals surface area contributed by atoms with Gasteiger partial charge in [0.15, 0.2) is 14.7 Å². The minimum absolute atomic E-state index is 0.115. The van der Waals surface area contributed by atoms with Gasteiger partial charge in [-0.2, -0.15) is 4.31 Å². The first-order valence-electron chi connectivity index (χ1n) is 11.4. The first-order chi connectivity index (χ1) is 18.5. The van der Waals surface area contributed by atoms with E-state index in [1.165, 1.54) is 0 Å². The van der Waals surface area contributed by atoms with Crippen molar-refractivity contribution in [3.63, 3.8) is 0 Å². The maximum Gasteiger partial charge on any atom is 0.412 e. The van der Waals surface area contributed by atoms with E-state index >= 15 is 0 Å². The van der Waals surface area contributed by atoms with Gasteiger partial charge in [0.1, 0.15) is 27.9 Å². The molecular formula is C24H21N5O7S3. The standard InChI is InChI=1S/C24H21N5O7S3/c1-13-18(26-23(32)35-14(2)15-7-5-4-6-8-15)16(36-28-13)9-10-17-25-19-20(37-17)27-21(38-19)24(22(30)31)11-29(12-24)39(3,33)34/h4-8,14H,11-12H2,1-3H3,(H,26,32)(H,30,31). The molecule has 1 aromatic carbocycles. The molecular weight excluding hydrogens is 566 g/mol. The molecule has 0 saturated carbocycles. The van der Waals surface area contributed by atoms with E-state index < -0.39 is 33.6 Å². The molecule has 1 unspecified atom stereocenters. The van der Waals surface area contributed by atoms with Crippen LogP contribution in [0, 0.1) is 18.8 Å². The number of benzene rings is 1. The number of fused-ring (bicyclic) bond motifs is 1. The summed E-state index contributed by atoms with van der Waals surface area (Å²) in [5.41, 5.74) is 0.132. The number of nitrogens with zero attached hydrogens (tertiary/aromatic N) is 4. The van der Waals surface area contributed by atoms with Crippen LogP contribution in [0.25, 0.3) is 9.66 Å². The average Bonchev–Trinajstić information content (AvgIpc) is 3.50. The SMILES string of the molecule is Cc1noc(C#Cc2nc3sc(C4(C(=O)O)CN(S(C)(=O)=O)C4)nc3s2)c1NC(=O)OC(C)c1ccccc1. The second-order valence-electron chi connectivity index (χ2n) is 8.87. The highest BCUT2D eigenvalue weighted by Gasteiger charge is 2.56. The third-order valence-electron chi connectivity index (χ3n) is 6.08. The Morgan fingerprint density at radius 1 is 1.18 bits per heavy atom. The molecule has 1 fully saturated rings. The topological polar surface area (TPSA) is 165 Å². The molecule has 4 aromatic rings. The summed E-state index contributed by atoms with van der Waals surface area (Å²) >= 11 is 2.25. The van der Waals surface area contributed by atoms with Crippen molar-refractivity contribution in [1.29, 1.82) is 0 Å². The van der Waals surface area contributed by atoms with Gasteiger partial charge in [0.25, 0.3) is 0 Å². The van der Waals surface area contributed by atoms with Crippen LogP contribution < -0.4 is 5.32 Å². The van der Waals surface area contributed by atoms with Crippen molar-refractivity contribution < 1.29 is 32.4 Å². The summed E-state index contributed by atoms with van der Waals surface area (Å²) in [6.45, 7) is 3.05. The van der Waals surface area contributed by atoms with Gasteiger partial charge in [-0.15, -0.1) is 0 Å². The molecule has 2 N–H and O–H groups in total. The lowest BCUT2D eigenvalue weighted by Crippen LogP contribution is -2.64. The number of hydrogen-bond acceptors (Lipinski definition) is 11. The van der Waals surface area contributed by atoms with Crippen LogP contribution in [0.15, 0.2) is 34.9 Å². The Kier molecular flexibility index (Phi) is 6.89. The Morgan fingerprint density at radius 2 is 1.87 bits per heavy atom. The highest BCUT2D eigenvalue weighted by molar-refractivity contribution is 7.88. The molecule has 202 valence electrons. The van der Waals surface area contributed by atoms with Gasteiger partial charge in [-0.1, -0.05) is 58.2 Å². The average molecular weight is 588 g/mol. The molecule has 0 bridgehead atoms. The van der Waals surface area contributed by atoms with Gasteiger partial charge in [-0.05, 0) is 31.3 Å². The largest absolute Gasteiger partial charge is 0.480 e. The van der Waals surface area contributed by atoms with Crippen LogP contribution in [-0.4, -0.2) is 64.4 Å². The lowest BCUT2D eigenvalue weighted by Gasteiger charge is -2.43. The van der Waals surface area contributed by atoms with Crippen LogP contribution in [0.3, 0.4) is 0 Å². The number of aryl methyl sites for hydroxylation is 1. The van der Waals surface area contributed by atoms with Crippen LogP contribution in [0.5, 0.6) is 0 Å². The van der Waals surface area contributed by atoms with Crippen molar-refractivity contribution in [2.75, 3.05) is 24.7 Å². The Labute approximate surface area is 230 Å². The quantitative estimate of drug-likeness (QED) is 0.320. The van der Waals surface area contributed by atoms with Crippen LogP contribution in [0.2, 0.25) is 0 Å². The number of ether oxygens (including phenoxy) is 1. The molecule has 1 atom stereocenters. The second kappa shape index (κ2) is 10.0. The van der Waals surface area contributed by atoms with Crippen LogP contribution in [0.4, 0.5) is 10.5 Å². The summed E-state index contributed by atoms with van der Waals surface area (Å²) in [5.74, 6) is 4.64. The Bertz CT molecular complexity index is 1710. The number of anilines is 1. The predicted molar refractivity (Wildman–Crippen MR) is 143 cm³/mol. The van der Waals surface area contributed by atoms with Crippen molar-refractivity contribution >= 4 is 60.1 Å². The maximum absolute atomic E-state index is 12.5. The van der Waals surface area contributed by atoms with E-state index in [9.17, 15) is 23.1 Å². The molecule has 39 heavy (non-hydrogen) atoms. The first-order valence-corrected chi connectivity index (χ1v) is 14.9. The normalized spacial score (nSPS) is 15.7. The van der Waals surface area contributed by atoms with Gasteiger partial charge in [-0.25, -0.2) is 23.2 Å². The summed E-state index contributed by atoms with van der Waals surface area (Å²) in [6, 6.07) is 9.29. The maximum atomic E-state index is 12.5. The predicted octanol–water partition coefficient (Wildman–Crippen LogP) is 3.36. The highest BCUT2D eigenvalue weighted by Crippen LogP contribution is 2.41. The molecule has 1 amide bonds. The van der Waals surface area contributed by atoms with Gasteiger partial charge in [-0.3, -0.25) is 10.1 Å². The van der Waals surface area contributed by atoms with E-state index in [4.69, 9.17) is 9.26 Å². The summed E-state index contributed by atoms with van der Waals surface area (Å²) in [7, 11) is -3.50. The van der Waals surface area contributed by atoms with Crippen molar-refractivity contribution in [2.24, 2.45) is 0 Å². The number of hydrogen-bond donors (Lipinski definition) is 2. The van der Waals surface area contributed by atoms with Crippen LogP contribution in [-0.2, 0) is 25.0 Å². The zero-order chi connectivity index (χ0) is 27.9. The molecule has 4 heterocycles. The minimum atomic E-state index is -3.50. The zero-order valence-corrected chi connectivity index (χ0v) is 23.2. The number of aromatic nitrogens is 3. The van der Waals surface area contributed by atoms with E-state index in [2.05, 4.69) is 32.3 Å². The van der Waals surface area contributed by atoms with Gasteiger partial charge < -0.3 is 14.4 Å². The van der Waals surface area contributed by atoms with Crippen LogP contribution in [0.1, 0.15) is 40.1 Å². The summed E-state index contributed by atoms with van der Waals surface area (Å²) < 4.78 is 35.3. The number of carbonyl (C=O) groups excluding carboxylic acids is 1. The summed E-state index contributed by atoms with van der Waals surface area (Å²) in [4.78, 5) is 34.3. The fraction of sp³-hybridized carbons (Fsp3) is 0.292. The summed E-state index contributed by atoms with van der Waals surface area (Å²) in [6.07, 6.45) is -0.127. The van der Waals surface area contributed by atoms with Crippen molar-refractivity contribution in [3.8, 4) is 11.8 Å². The van der Waals surface area contributed by atoms with Crippen molar-refractivity contribution in [1.82, 2.24) is 19.4 Å². The third kappa shape index (κ3) is 5.23. The Balaban J connectivity index is 1.31. The molecule has 5 rings (SSSR count). The molecule has 12 nitrogen and oxygen atoms in total. The lowest BCUT2D eigenvalue weighted by molar-refractivity contribution is -0.148. The minimum Gasteiger partial charge on any atom is -0.480 e. The van der Waals surface area contributed by atoms with Crippen LogP contribution >= 0.6 is 22.7 Å². The number of carboxylic acids is 1. The number of sulfonamides is 1. The van der Waals surface area contributed by atoms with Gasteiger partial charge in [0.05, 0.1) is 6.26 Å². The number of nitrogens with one attached hydrogen (secondary N) is 1. The number of amides is 1. The fourth-order valence-corrected chi connectivity index (χ4v) is 6.82. The molecule has 0 radical (unpaired) electrons.